The molecule has 1 fully saturated rings. The summed E-state index contributed by atoms with van der Waals surface area (Å²) in [5, 5.41) is 5.46. The van der Waals surface area contributed by atoms with Crippen LogP contribution in [-0.2, 0) is 33.3 Å². The van der Waals surface area contributed by atoms with Crippen LogP contribution in [0.3, 0.4) is 0 Å². The van der Waals surface area contributed by atoms with E-state index in [0.29, 0.717) is 0 Å². The molecule has 5 atom stereocenters. The number of aliphatic imine (C=N–C) groups is 1. The summed E-state index contributed by atoms with van der Waals surface area (Å²) in [6, 6.07) is 0. The summed E-state index contributed by atoms with van der Waals surface area (Å²) in [4.78, 5) is 40.6. The van der Waals surface area contributed by atoms with Gasteiger partial charge in [0.1, 0.15) is 6.10 Å². The van der Waals surface area contributed by atoms with Crippen molar-refractivity contribution >= 4 is 35.3 Å². The lowest BCUT2D eigenvalue weighted by Gasteiger charge is -2.42. The van der Waals surface area contributed by atoms with Crippen LogP contribution in [0, 0.1) is 0 Å². The molecule has 0 aliphatic carbocycles. The van der Waals surface area contributed by atoms with Gasteiger partial charge in [0, 0.05) is 25.7 Å². The Bertz CT molecular complexity index is 630. The second-order valence-corrected chi connectivity index (χ2v) is 5.10. The van der Waals surface area contributed by atoms with Crippen molar-refractivity contribution in [3.05, 3.63) is 10.4 Å². The van der Waals surface area contributed by atoms with E-state index in [1.807, 2.05) is 0 Å². The fraction of sp³-hybridized carbons (Fsp3) is 0.692. The maximum Gasteiger partial charge on any atom is 0.303 e. The lowest BCUT2D eigenvalue weighted by Crippen LogP contribution is -2.61. The van der Waals surface area contributed by atoms with Crippen LogP contribution in [0.25, 0.3) is 10.4 Å². The molecule has 1 heterocycles. The molecule has 1 aliphatic heterocycles. The average molecular weight is 372 g/mol. The molecule has 0 aromatic heterocycles. The van der Waals surface area contributed by atoms with Gasteiger partial charge in [0.15, 0.2) is 24.5 Å². The van der Waals surface area contributed by atoms with E-state index in [4.69, 9.17) is 24.5 Å². The van der Waals surface area contributed by atoms with Crippen LogP contribution in [-0.4, -0.2) is 60.3 Å². The van der Waals surface area contributed by atoms with E-state index in [9.17, 15) is 14.4 Å². The van der Waals surface area contributed by atoms with Crippen molar-refractivity contribution in [2.24, 2.45) is 10.1 Å². The van der Waals surface area contributed by atoms with Gasteiger partial charge in [0.25, 0.3) is 0 Å². The second-order valence-electron chi connectivity index (χ2n) is 4.92. The number of nitrogens with zero attached hydrogens (tertiary/aromatic N) is 4. The maximum absolute atomic E-state index is 11.5. The molecular weight excluding hydrogens is 356 g/mol. The van der Waals surface area contributed by atoms with E-state index in [-0.39, 0.29) is 6.54 Å². The zero-order valence-electron chi connectivity index (χ0n) is 13.6. The number of azide groups is 1. The number of rotatable bonds is 6. The minimum Gasteiger partial charge on any atom is -0.456 e. The normalized spacial score (nSPS) is 27.9. The highest BCUT2D eigenvalue weighted by molar-refractivity contribution is 7.78. The highest BCUT2D eigenvalue weighted by atomic mass is 32.1. The van der Waals surface area contributed by atoms with Gasteiger partial charge in [0.2, 0.25) is 0 Å². The van der Waals surface area contributed by atoms with Gasteiger partial charge in [-0.3, -0.25) is 14.4 Å². The monoisotopic (exact) mass is 372 g/mol. The van der Waals surface area contributed by atoms with E-state index >= 15 is 0 Å². The van der Waals surface area contributed by atoms with Crippen LogP contribution in [0.15, 0.2) is 10.1 Å². The van der Waals surface area contributed by atoms with Gasteiger partial charge in [-0.25, -0.2) is 0 Å². The number of isothiocyanates is 1. The average Bonchev–Trinajstić information content (AvgIpc) is 2.50. The predicted octanol–water partition coefficient (Wildman–Crippen LogP) is 0.919. The second kappa shape index (κ2) is 9.70. The maximum atomic E-state index is 11.5. The molecule has 1 saturated heterocycles. The Balaban J connectivity index is 3.32. The van der Waals surface area contributed by atoms with Crippen molar-refractivity contribution in [2.75, 3.05) is 6.54 Å². The third-order valence-corrected chi connectivity index (χ3v) is 3.13. The smallest absolute Gasteiger partial charge is 0.303 e. The van der Waals surface area contributed by atoms with Crippen molar-refractivity contribution in [3.63, 3.8) is 0 Å². The quantitative estimate of drug-likeness (QED) is 0.127. The lowest BCUT2D eigenvalue weighted by atomic mass is 9.97. The van der Waals surface area contributed by atoms with E-state index < -0.39 is 48.6 Å². The Morgan fingerprint density at radius 2 is 1.60 bits per heavy atom. The minimum absolute atomic E-state index is 0.248. The molecule has 1 rings (SSSR count). The zero-order valence-corrected chi connectivity index (χ0v) is 14.5. The van der Waals surface area contributed by atoms with Gasteiger partial charge in [-0.1, -0.05) is 5.11 Å². The number of hydrogen-bond donors (Lipinski definition) is 0. The molecule has 136 valence electrons. The van der Waals surface area contributed by atoms with E-state index in [2.05, 4.69) is 32.4 Å². The van der Waals surface area contributed by atoms with Crippen LogP contribution < -0.4 is 0 Å². The van der Waals surface area contributed by atoms with E-state index in [1.165, 1.54) is 0 Å². The fourth-order valence-electron chi connectivity index (χ4n) is 2.29. The first-order valence-corrected chi connectivity index (χ1v) is 7.46. The number of thiocarbonyl (C=S) groups is 1. The molecule has 0 amide bonds. The van der Waals surface area contributed by atoms with Crippen molar-refractivity contribution in [3.8, 4) is 0 Å². The molecule has 0 aromatic rings. The van der Waals surface area contributed by atoms with Gasteiger partial charge in [-0.2, -0.15) is 4.99 Å². The molecule has 12 heteroatoms. The summed E-state index contributed by atoms with van der Waals surface area (Å²) in [5.74, 6) is -2.12. The van der Waals surface area contributed by atoms with E-state index in [0.717, 1.165) is 20.8 Å². The van der Waals surface area contributed by atoms with Crippen LogP contribution >= 0.6 is 12.2 Å². The number of esters is 3. The van der Waals surface area contributed by atoms with Crippen LogP contribution in [0.4, 0.5) is 0 Å². The van der Waals surface area contributed by atoms with Crippen molar-refractivity contribution < 1.29 is 33.3 Å². The summed E-state index contributed by atoms with van der Waals surface area (Å²) in [6.45, 7) is 3.15. The molecule has 0 N–H and O–H groups in total. The Morgan fingerprint density at radius 1 is 1.08 bits per heavy atom. The van der Waals surface area contributed by atoms with Gasteiger partial charge < -0.3 is 18.9 Å². The number of carbonyl (C=O) groups excluding carboxylic acids is 3. The van der Waals surface area contributed by atoms with Crippen molar-refractivity contribution in [1.82, 2.24) is 0 Å². The summed E-state index contributed by atoms with van der Waals surface area (Å²) in [6.07, 6.45) is -5.85. The highest BCUT2D eigenvalue weighted by Crippen LogP contribution is 2.29. The molecule has 0 aromatic carbocycles. The Morgan fingerprint density at radius 3 is 2.08 bits per heavy atom. The molecule has 1 aliphatic rings. The van der Waals surface area contributed by atoms with Crippen molar-refractivity contribution in [1.29, 1.82) is 0 Å². The minimum atomic E-state index is -1.24. The van der Waals surface area contributed by atoms with Gasteiger partial charge >= 0.3 is 17.9 Å². The Labute approximate surface area is 147 Å². The van der Waals surface area contributed by atoms with E-state index in [1.54, 1.807) is 0 Å². The molecule has 11 nitrogen and oxygen atoms in total. The summed E-state index contributed by atoms with van der Waals surface area (Å²) in [5.41, 5.74) is 8.50. The third-order valence-electron chi connectivity index (χ3n) is 3.02. The van der Waals surface area contributed by atoms with Crippen LogP contribution in [0.2, 0.25) is 0 Å². The van der Waals surface area contributed by atoms with Crippen LogP contribution in [0.1, 0.15) is 20.8 Å². The SMILES string of the molecule is CC(=O)O[C@@H]1[C@@H](OC(C)=O)[C@H](N=C=S)O[C@H](CN=[N+]=[N-])[C@H]1OC(C)=O. The number of carbonyl (C=O) groups is 3. The molecule has 0 unspecified atom stereocenters. The molecule has 0 spiro atoms. The Hall–Kier alpha value is -2.52. The first-order valence-electron chi connectivity index (χ1n) is 7.05. The standard InChI is InChI=1S/C13H16N4O7S/c1-6(18)21-10-9(4-16-17-14)24-13(15-5-25)12(23-8(3)20)11(10)22-7(2)19/h9-13H,4H2,1-3H3/t9-,10-,11+,12-,13-/m1/s1. The molecule has 25 heavy (non-hydrogen) atoms. The lowest BCUT2D eigenvalue weighted by molar-refractivity contribution is -0.243. The van der Waals surface area contributed by atoms with Gasteiger partial charge in [-0.05, 0) is 17.7 Å². The number of hydrogen-bond acceptors (Lipinski definition) is 10. The summed E-state index contributed by atoms with van der Waals surface area (Å²) < 4.78 is 21.0. The summed E-state index contributed by atoms with van der Waals surface area (Å²) >= 11 is 4.54. The Kier molecular flexibility index (Phi) is 7.96. The molecule has 0 bridgehead atoms. The fourth-order valence-corrected chi connectivity index (χ4v) is 2.40. The van der Waals surface area contributed by atoms with Crippen molar-refractivity contribution in [2.45, 2.75) is 51.4 Å². The molecular formula is C13H16N4O7S. The predicted molar refractivity (Wildman–Crippen MR) is 84.4 cm³/mol. The van der Waals surface area contributed by atoms with Crippen LogP contribution in [0.5, 0.6) is 0 Å². The first kappa shape index (κ1) is 20.5. The third kappa shape index (κ3) is 6.12. The largest absolute Gasteiger partial charge is 0.456 e. The van der Waals surface area contributed by atoms with Gasteiger partial charge in [0.05, 0.1) is 11.7 Å². The molecule has 0 radical (unpaired) electrons. The zero-order chi connectivity index (χ0) is 19.0. The molecule has 0 saturated carbocycles. The number of ether oxygens (including phenoxy) is 4. The topological polar surface area (TPSA) is 149 Å². The van der Waals surface area contributed by atoms with Gasteiger partial charge in [-0.15, -0.1) is 0 Å². The first-order chi connectivity index (χ1) is 11.8. The summed E-state index contributed by atoms with van der Waals surface area (Å²) in [7, 11) is 0. The highest BCUT2D eigenvalue weighted by Gasteiger charge is 2.51.